The fourth-order valence-electron chi connectivity index (χ4n) is 2.30. The highest BCUT2D eigenvalue weighted by Crippen LogP contribution is 2.21. The highest BCUT2D eigenvalue weighted by Gasteiger charge is 2.30. The normalized spacial score (nSPS) is 20.6. The standard InChI is InChI=1S/C13H17BrFN3O/c1-17-5-6-18(9(7-16)8-17)13(19)10-3-2-4-11(14)12(10)15/h2-4,9H,5-8,16H2,1H3. The van der Waals surface area contributed by atoms with E-state index in [4.69, 9.17) is 5.73 Å². The zero-order chi connectivity index (χ0) is 14.0. The SMILES string of the molecule is CN1CCN(C(=O)c2cccc(Br)c2F)C(CN)C1. The minimum absolute atomic E-state index is 0.0652. The van der Waals surface area contributed by atoms with E-state index in [0.29, 0.717) is 17.6 Å². The van der Waals surface area contributed by atoms with Crippen LogP contribution >= 0.6 is 15.9 Å². The molecule has 1 amide bonds. The van der Waals surface area contributed by atoms with Crippen LogP contribution < -0.4 is 5.73 Å². The molecule has 0 bridgehead atoms. The molecule has 104 valence electrons. The van der Waals surface area contributed by atoms with Crippen LogP contribution in [-0.2, 0) is 0 Å². The summed E-state index contributed by atoms with van der Waals surface area (Å²) < 4.78 is 14.3. The van der Waals surface area contributed by atoms with Gasteiger partial charge in [-0.2, -0.15) is 0 Å². The van der Waals surface area contributed by atoms with Gasteiger partial charge in [-0.05, 0) is 35.1 Å². The van der Waals surface area contributed by atoms with Crippen molar-refractivity contribution in [2.24, 2.45) is 5.73 Å². The number of hydrogen-bond donors (Lipinski definition) is 1. The Hall–Kier alpha value is -0.980. The Balaban J connectivity index is 2.25. The van der Waals surface area contributed by atoms with Gasteiger partial charge in [0.05, 0.1) is 16.1 Å². The number of benzene rings is 1. The minimum Gasteiger partial charge on any atom is -0.332 e. The quantitative estimate of drug-likeness (QED) is 0.889. The summed E-state index contributed by atoms with van der Waals surface area (Å²) in [6.07, 6.45) is 0. The van der Waals surface area contributed by atoms with Crippen molar-refractivity contribution in [2.45, 2.75) is 6.04 Å². The number of carbonyl (C=O) groups excluding carboxylic acids is 1. The maximum Gasteiger partial charge on any atom is 0.257 e. The van der Waals surface area contributed by atoms with E-state index in [1.807, 2.05) is 7.05 Å². The van der Waals surface area contributed by atoms with Crippen LogP contribution in [0.4, 0.5) is 4.39 Å². The number of halogens is 2. The molecule has 0 spiro atoms. The van der Waals surface area contributed by atoms with Crippen LogP contribution in [0, 0.1) is 5.82 Å². The van der Waals surface area contributed by atoms with Crippen molar-refractivity contribution in [1.29, 1.82) is 0 Å². The molecular formula is C13H17BrFN3O. The molecular weight excluding hydrogens is 313 g/mol. The number of piperazine rings is 1. The second-order valence-corrected chi connectivity index (χ2v) is 5.61. The lowest BCUT2D eigenvalue weighted by Gasteiger charge is -2.39. The van der Waals surface area contributed by atoms with Gasteiger partial charge in [0, 0.05) is 26.2 Å². The van der Waals surface area contributed by atoms with Gasteiger partial charge in [0.25, 0.3) is 5.91 Å². The number of amides is 1. The molecule has 1 unspecified atom stereocenters. The molecule has 1 saturated heterocycles. The first-order chi connectivity index (χ1) is 9.04. The van der Waals surface area contributed by atoms with Gasteiger partial charge in [0.2, 0.25) is 0 Å². The van der Waals surface area contributed by atoms with Gasteiger partial charge < -0.3 is 15.5 Å². The van der Waals surface area contributed by atoms with Crippen LogP contribution in [0.3, 0.4) is 0 Å². The van der Waals surface area contributed by atoms with Crippen molar-refractivity contribution in [3.05, 3.63) is 34.1 Å². The van der Waals surface area contributed by atoms with Crippen LogP contribution in [0.1, 0.15) is 10.4 Å². The summed E-state index contributed by atoms with van der Waals surface area (Å²) >= 11 is 3.10. The van der Waals surface area contributed by atoms with E-state index in [9.17, 15) is 9.18 Å². The Kier molecular flexibility index (Phi) is 4.54. The van der Waals surface area contributed by atoms with Gasteiger partial charge in [-0.1, -0.05) is 6.07 Å². The van der Waals surface area contributed by atoms with Crippen LogP contribution in [0.2, 0.25) is 0 Å². The van der Waals surface area contributed by atoms with Gasteiger partial charge in [-0.15, -0.1) is 0 Å². The van der Waals surface area contributed by atoms with Crippen molar-refractivity contribution in [2.75, 3.05) is 33.2 Å². The predicted molar refractivity (Wildman–Crippen MR) is 75.5 cm³/mol. The van der Waals surface area contributed by atoms with Crippen LogP contribution in [0.25, 0.3) is 0 Å². The molecule has 1 aromatic carbocycles. The van der Waals surface area contributed by atoms with Crippen LogP contribution in [0.15, 0.2) is 22.7 Å². The lowest BCUT2D eigenvalue weighted by atomic mass is 10.1. The predicted octanol–water partition coefficient (Wildman–Crippen LogP) is 1.30. The van der Waals surface area contributed by atoms with Gasteiger partial charge in [-0.25, -0.2) is 4.39 Å². The number of nitrogens with zero attached hydrogens (tertiary/aromatic N) is 2. The Morgan fingerprint density at radius 1 is 1.53 bits per heavy atom. The first-order valence-electron chi connectivity index (χ1n) is 6.18. The molecule has 4 nitrogen and oxygen atoms in total. The van der Waals surface area contributed by atoms with Crippen molar-refractivity contribution in [3.8, 4) is 0 Å². The molecule has 1 aromatic rings. The summed E-state index contributed by atoms with van der Waals surface area (Å²) in [4.78, 5) is 16.2. The lowest BCUT2D eigenvalue weighted by molar-refractivity contribution is 0.0511. The molecule has 19 heavy (non-hydrogen) atoms. The Bertz CT molecular complexity index is 483. The first-order valence-corrected chi connectivity index (χ1v) is 6.97. The summed E-state index contributed by atoms with van der Waals surface area (Å²) in [5.74, 6) is -0.801. The number of likely N-dealkylation sites (N-methyl/N-ethyl adjacent to an activating group) is 1. The molecule has 2 rings (SSSR count). The molecule has 1 fully saturated rings. The maximum absolute atomic E-state index is 14.0. The highest BCUT2D eigenvalue weighted by atomic mass is 79.9. The molecule has 1 aliphatic rings. The average Bonchev–Trinajstić information content (AvgIpc) is 2.41. The van der Waals surface area contributed by atoms with E-state index >= 15 is 0 Å². The monoisotopic (exact) mass is 329 g/mol. The van der Waals surface area contributed by atoms with Gasteiger partial charge in [0.1, 0.15) is 5.82 Å². The van der Waals surface area contributed by atoms with Crippen LogP contribution in [0.5, 0.6) is 0 Å². The molecule has 1 atom stereocenters. The topological polar surface area (TPSA) is 49.6 Å². The molecule has 2 N–H and O–H groups in total. The highest BCUT2D eigenvalue weighted by molar-refractivity contribution is 9.10. The zero-order valence-electron chi connectivity index (χ0n) is 10.8. The van der Waals surface area contributed by atoms with E-state index in [2.05, 4.69) is 20.8 Å². The average molecular weight is 330 g/mol. The largest absolute Gasteiger partial charge is 0.332 e. The summed E-state index contributed by atoms with van der Waals surface area (Å²) in [5.41, 5.74) is 5.81. The van der Waals surface area contributed by atoms with Gasteiger partial charge in [0.15, 0.2) is 0 Å². The van der Waals surface area contributed by atoms with E-state index < -0.39 is 5.82 Å². The molecule has 1 aliphatic heterocycles. The summed E-state index contributed by atoms with van der Waals surface area (Å²) in [6, 6.07) is 4.68. The smallest absolute Gasteiger partial charge is 0.257 e. The third-order valence-corrected chi connectivity index (χ3v) is 4.01. The number of rotatable bonds is 2. The Morgan fingerprint density at radius 3 is 2.95 bits per heavy atom. The number of nitrogens with two attached hydrogens (primary N) is 1. The van der Waals surface area contributed by atoms with E-state index in [1.165, 1.54) is 6.07 Å². The fraction of sp³-hybridized carbons (Fsp3) is 0.462. The molecule has 0 radical (unpaired) electrons. The summed E-state index contributed by atoms with van der Waals surface area (Å²) in [7, 11) is 1.99. The van der Waals surface area contributed by atoms with E-state index in [0.717, 1.165) is 13.1 Å². The lowest BCUT2D eigenvalue weighted by Crippen LogP contribution is -2.56. The zero-order valence-corrected chi connectivity index (χ0v) is 12.4. The molecule has 0 aliphatic carbocycles. The van der Waals surface area contributed by atoms with Crippen molar-refractivity contribution < 1.29 is 9.18 Å². The van der Waals surface area contributed by atoms with Crippen molar-refractivity contribution in [1.82, 2.24) is 9.80 Å². The molecule has 6 heteroatoms. The number of carbonyl (C=O) groups is 1. The third-order valence-electron chi connectivity index (χ3n) is 3.40. The Labute approximate surface area is 120 Å². The maximum atomic E-state index is 14.0. The second kappa shape index (κ2) is 5.98. The third kappa shape index (κ3) is 2.96. The van der Waals surface area contributed by atoms with Crippen LogP contribution in [-0.4, -0.2) is 55.0 Å². The summed E-state index contributed by atoms with van der Waals surface area (Å²) in [6.45, 7) is 2.45. The fourth-order valence-corrected chi connectivity index (χ4v) is 2.67. The summed E-state index contributed by atoms with van der Waals surface area (Å²) in [5, 5.41) is 0. The van der Waals surface area contributed by atoms with Gasteiger partial charge in [-0.3, -0.25) is 4.79 Å². The Morgan fingerprint density at radius 2 is 2.26 bits per heavy atom. The van der Waals surface area contributed by atoms with Gasteiger partial charge >= 0.3 is 0 Å². The van der Waals surface area contributed by atoms with Crippen molar-refractivity contribution >= 4 is 21.8 Å². The molecule has 0 saturated carbocycles. The van der Waals surface area contributed by atoms with E-state index in [1.54, 1.807) is 17.0 Å². The molecule has 1 heterocycles. The minimum atomic E-state index is -0.512. The van der Waals surface area contributed by atoms with E-state index in [-0.39, 0.29) is 17.5 Å². The first kappa shape index (κ1) is 14.4. The number of hydrogen-bond acceptors (Lipinski definition) is 3. The van der Waals surface area contributed by atoms with Crippen molar-refractivity contribution in [3.63, 3.8) is 0 Å². The molecule has 0 aromatic heterocycles. The second-order valence-electron chi connectivity index (χ2n) is 4.75.